The number of pyridine rings is 1. The van der Waals surface area contributed by atoms with Crippen LogP contribution in [0.15, 0.2) is 18.3 Å². The fourth-order valence-corrected chi connectivity index (χ4v) is 2.13. The molecule has 0 bridgehead atoms. The van der Waals surface area contributed by atoms with Crippen LogP contribution in [0.25, 0.3) is 0 Å². The Balaban J connectivity index is 2.58. The van der Waals surface area contributed by atoms with Crippen LogP contribution in [0.2, 0.25) is 0 Å². The van der Waals surface area contributed by atoms with Crippen molar-refractivity contribution in [2.75, 3.05) is 11.1 Å². The van der Waals surface area contributed by atoms with Crippen LogP contribution >= 0.6 is 11.8 Å². The van der Waals surface area contributed by atoms with Crippen LogP contribution in [-0.4, -0.2) is 22.7 Å². The van der Waals surface area contributed by atoms with E-state index >= 15 is 0 Å². The van der Waals surface area contributed by atoms with Crippen LogP contribution in [0.1, 0.15) is 32.3 Å². The molecule has 18 heavy (non-hydrogen) atoms. The lowest BCUT2D eigenvalue weighted by Gasteiger charge is -2.11. The summed E-state index contributed by atoms with van der Waals surface area (Å²) in [6, 6.07) is 3.41. The van der Waals surface area contributed by atoms with Crippen LogP contribution in [0.5, 0.6) is 0 Å². The van der Waals surface area contributed by atoms with Gasteiger partial charge in [0.05, 0.1) is 6.04 Å². The summed E-state index contributed by atoms with van der Waals surface area (Å²) in [6.07, 6.45) is 3.30. The van der Waals surface area contributed by atoms with Crippen molar-refractivity contribution in [2.24, 2.45) is 5.73 Å². The van der Waals surface area contributed by atoms with Crippen LogP contribution in [-0.2, 0) is 10.5 Å². The smallest absolute Gasteiger partial charge is 0.242 e. The molecule has 0 aliphatic carbocycles. The van der Waals surface area contributed by atoms with Crippen molar-refractivity contribution < 1.29 is 4.79 Å². The van der Waals surface area contributed by atoms with Crippen LogP contribution in [0.4, 0.5) is 5.82 Å². The summed E-state index contributed by atoms with van der Waals surface area (Å²) >= 11 is 1.84. The molecular weight excluding hydrogens is 246 g/mol. The molecule has 0 radical (unpaired) electrons. The van der Waals surface area contributed by atoms with Gasteiger partial charge >= 0.3 is 0 Å². The Kier molecular flexibility index (Phi) is 6.75. The molecular formula is C13H21N3OS. The lowest BCUT2D eigenvalue weighted by molar-refractivity contribution is -0.117. The zero-order valence-electron chi connectivity index (χ0n) is 11.0. The Labute approximate surface area is 113 Å². The maximum absolute atomic E-state index is 11.7. The van der Waals surface area contributed by atoms with Gasteiger partial charge in [0.2, 0.25) is 5.91 Å². The first-order valence-electron chi connectivity index (χ1n) is 6.26. The topological polar surface area (TPSA) is 68.0 Å². The van der Waals surface area contributed by atoms with E-state index in [2.05, 4.69) is 17.2 Å². The van der Waals surface area contributed by atoms with E-state index in [1.807, 2.05) is 30.8 Å². The van der Waals surface area contributed by atoms with Gasteiger partial charge in [-0.1, -0.05) is 20.3 Å². The molecule has 1 rings (SSSR count). The van der Waals surface area contributed by atoms with E-state index in [0.717, 1.165) is 23.5 Å². The summed E-state index contributed by atoms with van der Waals surface area (Å²) in [4.78, 5) is 15.9. The normalized spacial score (nSPS) is 12.2. The molecule has 0 aliphatic rings. The maximum Gasteiger partial charge on any atom is 0.242 e. The van der Waals surface area contributed by atoms with E-state index in [4.69, 9.17) is 5.73 Å². The fourth-order valence-electron chi connectivity index (χ4n) is 1.51. The molecule has 0 fully saturated rings. The molecule has 0 spiro atoms. The zero-order chi connectivity index (χ0) is 13.4. The second-order valence-electron chi connectivity index (χ2n) is 4.07. The monoisotopic (exact) mass is 267 g/mol. The Morgan fingerprint density at radius 3 is 3.00 bits per heavy atom. The average molecular weight is 267 g/mol. The second kappa shape index (κ2) is 8.11. The SMILES string of the molecule is CCCC(N)C(=O)Nc1cc(CSCC)ccn1. The first-order chi connectivity index (χ1) is 8.67. The number of carbonyl (C=O) groups is 1. The van der Waals surface area contributed by atoms with Gasteiger partial charge in [-0.05, 0) is 29.9 Å². The van der Waals surface area contributed by atoms with Crippen molar-refractivity contribution in [3.05, 3.63) is 23.9 Å². The number of anilines is 1. The van der Waals surface area contributed by atoms with E-state index in [1.54, 1.807) is 6.20 Å². The van der Waals surface area contributed by atoms with Gasteiger partial charge in [0.25, 0.3) is 0 Å². The summed E-state index contributed by atoms with van der Waals surface area (Å²) in [7, 11) is 0. The molecule has 1 atom stereocenters. The number of nitrogens with two attached hydrogens (primary N) is 1. The molecule has 3 N–H and O–H groups in total. The van der Waals surface area contributed by atoms with Crippen molar-refractivity contribution in [3.8, 4) is 0 Å². The van der Waals surface area contributed by atoms with E-state index < -0.39 is 6.04 Å². The minimum Gasteiger partial charge on any atom is -0.320 e. The van der Waals surface area contributed by atoms with Gasteiger partial charge in [-0.3, -0.25) is 4.79 Å². The fraction of sp³-hybridized carbons (Fsp3) is 0.538. The molecule has 1 heterocycles. The third-order valence-corrected chi connectivity index (χ3v) is 3.43. The van der Waals surface area contributed by atoms with E-state index in [1.165, 1.54) is 0 Å². The van der Waals surface area contributed by atoms with Gasteiger partial charge < -0.3 is 11.1 Å². The highest BCUT2D eigenvalue weighted by atomic mass is 32.2. The van der Waals surface area contributed by atoms with E-state index in [9.17, 15) is 4.79 Å². The second-order valence-corrected chi connectivity index (χ2v) is 5.35. The maximum atomic E-state index is 11.7. The first kappa shape index (κ1) is 15.0. The third kappa shape index (κ3) is 5.06. The highest BCUT2D eigenvalue weighted by Crippen LogP contribution is 2.14. The van der Waals surface area contributed by atoms with Gasteiger partial charge in [0.15, 0.2) is 0 Å². The van der Waals surface area contributed by atoms with Gasteiger partial charge in [0.1, 0.15) is 5.82 Å². The summed E-state index contributed by atoms with van der Waals surface area (Å²) < 4.78 is 0. The molecule has 1 aromatic rings. The molecule has 1 aromatic heterocycles. The molecule has 100 valence electrons. The Morgan fingerprint density at radius 2 is 2.33 bits per heavy atom. The van der Waals surface area contributed by atoms with E-state index in [-0.39, 0.29) is 5.91 Å². The standard InChI is InChI=1S/C13H21N3OS/c1-3-5-11(14)13(17)16-12-8-10(6-7-15-12)9-18-4-2/h6-8,11H,3-5,9,14H2,1-2H3,(H,15,16,17). The molecule has 1 unspecified atom stereocenters. The highest BCUT2D eigenvalue weighted by Gasteiger charge is 2.12. The summed E-state index contributed by atoms with van der Waals surface area (Å²) in [5.41, 5.74) is 6.91. The molecule has 0 aliphatic heterocycles. The molecule has 4 nitrogen and oxygen atoms in total. The Hall–Kier alpha value is -1.07. The Morgan fingerprint density at radius 1 is 1.56 bits per heavy atom. The molecule has 0 aromatic carbocycles. The van der Waals surface area contributed by atoms with Crippen molar-refractivity contribution in [2.45, 2.75) is 38.5 Å². The number of thioether (sulfide) groups is 1. The van der Waals surface area contributed by atoms with Crippen molar-refractivity contribution in [3.63, 3.8) is 0 Å². The number of hydrogen-bond acceptors (Lipinski definition) is 4. The number of nitrogens with one attached hydrogen (secondary N) is 1. The van der Waals surface area contributed by atoms with Gasteiger partial charge in [-0.15, -0.1) is 0 Å². The zero-order valence-corrected chi connectivity index (χ0v) is 11.8. The summed E-state index contributed by atoms with van der Waals surface area (Å²) in [6.45, 7) is 4.13. The van der Waals surface area contributed by atoms with Crippen LogP contribution in [0, 0.1) is 0 Å². The number of nitrogens with zero attached hydrogens (tertiary/aromatic N) is 1. The van der Waals surface area contributed by atoms with Gasteiger partial charge in [-0.2, -0.15) is 11.8 Å². The number of hydrogen-bond donors (Lipinski definition) is 2. The predicted molar refractivity (Wildman–Crippen MR) is 77.6 cm³/mol. The van der Waals surface area contributed by atoms with Crippen molar-refractivity contribution in [1.82, 2.24) is 4.98 Å². The van der Waals surface area contributed by atoms with E-state index in [0.29, 0.717) is 12.2 Å². The lowest BCUT2D eigenvalue weighted by atomic mass is 10.1. The number of aromatic nitrogens is 1. The van der Waals surface area contributed by atoms with Crippen LogP contribution in [0.3, 0.4) is 0 Å². The molecule has 0 saturated carbocycles. The summed E-state index contributed by atoms with van der Waals surface area (Å²) in [5.74, 6) is 2.43. The van der Waals surface area contributed by atoms with Gasteiger partial charge in [0, 0.05) is 11.9 Å². The molecule has 5 heteroatoms. The molecule has 0 saturated heterocycles. The van der Waals surface area contributed by atoms with Gasteiger partial charge in [-0.25, -0.2) is 4.98 Å². The quantitative estimate of drug-likeness (QED) is 0.796. The number of amides is 1. The minimum absolute atomic E-state index is 0.162. The van der Waals surface area contributed by atoms with Crippen LogP contribution < -0.4 is 11.1 Å². The first-order valence-corrected chi connectivity index (χ1v) is 7.42. The number of carbonyl (C=O) groups excluding carboxylic acids is 1. The summed E-state index contributed by atoms with van der Waals surface area (Å²) in [5, 5.41) is 2.76. The lowest BCUT2D eigenvalue weighted by Crippen LogP contribution is -2.35. The third-order valence-electron chi connectivity index (χ3n) is 2.48. The largest absolute Gasteiger partial charge is 0.320 e. The van der Waals surface area contributed by atoms with Crippen molar-refractivity contribution >= 4 is 23.5 Å². The highest BCUT2D eigenvalue weighted by molar-refractivity contribution is 7.98. The minimum atomic E-state index is -0.453. The predicted octanol–water partition coefficient (Wildman–Crippen LogP) is 2.40. The number of rotatable bonds is 7. The average Bonchev–Trinajstić information content (AvgIpc) is 2.37. The Bertz CT molecular complexity index is 384. The molecule has 1 amide bonds. The van der Waals surface area contributed by atoms with Crippen molar-refractivity contribution in [1.29, 1.82) is 0 Å².